The number of rotatable bonds is 10. The largest absolute Gasteiger partial charge is 0.466 e. The summed E-state index contributed by atoms with van der Waals surface area (Å²) in [5, 5.41) is 0.279. The van der Waals surface area contributed by atoms with Crippen LogP contribution in [0.3, 0.4) is 0 Å². The zero-order chi connectivity index (χ0) is 24.6. The molecule has 0 aromatic heterocycles. The highest BCUT2D eigenvalue weighted by atomic mass is 31.1. The van der Waals surface area contributed by atoms with Crippen molar-refractivity contribution in [3.05, 3.63) is 65.2 Å². The normalized spacial score (nSPS) is 12.9. The molecule has 0 amide bonds. The van der Waals surface area contributed by atoms with Crippen LogP contribution in [0, 0.1) is 0 Å². The Balaban J connectivity index is 2.43. The van der Waals surface area contributed by atoms with Gasteiger partial charge in [-0.25, -0.2) is 0 Å². The lowest BCUT2D eigenvalue weighted by Crippen LogP contribution is -2.22. The molecule has 2 aromatic rings. The third kappa shape index (κ3) is 7.56. The number of carbonyl (C=O) groups excluding carboxylic acids is 2. The van der Waals surface area contributed by atoms with E-state index >= 15 is 0 Å². The summed E-state index contributed by atoms with van der Waals surface area (Å²) in [7, 11) is -2.21. The third-order valence-electron chi connectivity index (χ3n) is 4.75. The number of hydrogen-bond acceptors (Lipinski definition) is 3. The number of halogens is 6. The van der Waals surface area contributed by atoms with Gasteiger partial charge in [0.1, 0.15) is 0 Å². The van der Waals surface area contributed by atoms with E-state index in [-0.39, 0.29) is 24.5 Å². The highest BCUT2D eigenvalue weighted by Gasteiger charge is 2.44. The standard InChI is InChI=1S/C23H23F6O3P/c1-2-3-7-14-32-19(30)13-15-33(16-9-5-4-6-10-16)21(31)20-17(22(24,25)26)11-8-12-18(20)23(27,28)29/h4-6,8-12H,2-3,7,13-15H2,1H3. The van der Waals surface area contributed by atoms with Crippen LogP contribution >= 0.6 is 7.92 Å². The van der Waals surface area contributed by atoms with Gasteiger partial charge in [-0.2, -0.15) is 26.3 Å². The van der Waals surface area contributed by atoms with Gasteiger partial charge in [-0.1, -0.05) is 56.2 Å². The first-order chi connectivity index (χ1) is 15.5. The van der Waals surface area contributed by atoms with Crippen LogP contribution in [0.25, 0.3) is 0 Å². The number of benzene rings is 2. The van der Waals surface area contributed by atoms with Gasteiger partial charge in [-0.3, -0.25) is 9.59 Å². The summed E-state index contributed by atoms with van der Waals surface area (Å²) in [5.74, 6) is -0.650. The van der Waals surface area contributed by atoms with Crippen molar-refractivity contribution >= 4 is 24.7 Å². The number of unbranched alkanes of at least 4 members (excludes halogenated alkanes) is 2. The Hall–Kier alpha value is -2.41. The van der Waals surface area contributed by atoms with E-state index in [1.54, 1.807) is 6.07 Å². The zero-order valence-corrected chi connectivity index (χ0v) is 18.7. The van der Waals surface area contributed by atoms with E-state index in [9.17, 15) is 35.9 Å². The Labute approximate surface area is 188 Å². The molecular weight excluding hydrogens is 469 g/mol. The Kier molecular flexibility index (Phi) is 9.46. The lowest BCUT2D eigenvalue weighted by atomic mass is 10.0. The maximum absolute atomic E-state index is 13.6. The average molecular weight is 492 g/mol. The summed E-state index contributed by atoms with van der Waals surface area (Å²) in [4.78, 5) is 25.3. The first kappa shape index (κ1) is 26.8. The highest BCUT2D eigenvalue weighted by Crippen LogP contribution is 2.47. The van der Waals surface area contributed by atoms with Gasteiger partial charge in [-0.05, 0) is 30.0 Å². The summed E-state index contributed by atoms with van der Waals surface area (Å²) < 4.78 is 86.5. The van der Waals surface area contributed by atoms with E-state index in [0.29, 0.717) is 24.6 Å². The molecular formula is C23H23F6O3P. The van der Waals surface area contributed by atoms with Crippen LogP contribution in [0.15, 0.2) is 48.5 Å². The second-order valence-electron chi connectivity index (χ2n) is 7.19. The number of alkyl halides is 6. The van der Waals surface area contributed by atoms with Crippen molar-refractivity contribution in [2.75, 3.05) is 12.8 Å². The zero-order valence-electron chi connectivity index (χ0n) is 17.8. The fraction of sp³-hybridized carbons (Fsp3) is 0.391. The highest BCUT2D eigenvalue weighted by molar-refractivity contribution is 7.82. The summed E-state index contributed by atoms with van der Waals surface area (Å²) in [6.45, 7) is 2.13. The van der Waals surface area contributed by atoms with Crippen molar-refractivity contribution < 1.29 is 40.7 Å². The molecule has 180 valence electrons. The molecule has 0 heterocycles. The Morgan fingerprint density at radius 1 is 0.848 bits per heavy atom. The van der Waals surface area contributed by atoms with Gasteiger partial charge in [-0.15, -0.1) is 0 Å². The summed E-state index contributed by atoms with van der Waals surface area (Å²) in [6.07, 6.45) is -8.46. The molecule has 0 aliphatic heterocycles. The summed E-state index contributed by atoms with van der Waals surface area (Å²) >= 11 is 0. The fourth-order valence-electron chi connectivity index (χ4n) is 3.16. The van der Waals surface area contributed by atoms with Crippen LogP contribution in [-0.4, -0.2) is 24.3 Å². The van der Waals surface area contributed by atoms with Crippen LogP contribution in [0.5, 0.6) is 0 Å². The van der Waals surface area contributed by atoms with Gasteiger partial charge in [0, 0.05) is 13.5 Å². The molecule has 0 spiro atoms. The predicted molar refractivity (Wildman–Crippen MR) is 114 cm³/mol. The molecule has 2 rings (SSSR count). The molecule has 3 nitrogen and oxygen atoms in total. The lowest BCUT2D eigenvalue weighted by molar-refractivity contribution is -0.144. The van der Waals surface area contributed by atoms with Crippen molar-refractivity contribution in [2.45, 2.75) is 45.0 Å². The maximum atomic E-state index is 13.6. The van der Waals surface area contributed by atoms with Gasteiger partial charge < -0.3 is 4.74 Å². The molecule has 1 atom stereocenters. The van der Waals surface area contributed by atoms with E-state index in [0.717, 1.165) is 12.8 Å². The summed E-state index contributed by atoms with van der Waals surface area (Å²) in [6, 6.07) is 9.13. The molecule has 0 aliphatic carbocycles. The molecule has 0 N–H and O–H groups in total. The van der Waals surface area contributed by atoms with Gasteiger partial charge in [0.15, 0.2) is 5.52 Å². The molecule has 1 unspecified atom stereocenters. The first-order valence-corrected chi connectivity index (χ1v) is 11.8. The number of carbonyl (C=O) groups is 2. The van der Waals surface area contributed by atoms with Gasteiger partial charge in [0.05, 0.1) is 24.2 Å². The lowest BCUT2D eigenvalue weighted by Gasteiger charge is -2.22. The van der Waals surface area contributed by atoms with Crippen molar-refractivity contribution in [2.24, 2.45) is 0 Å². The van der Waals surface area contributed by atoms with Gasteiger partial charge in [0.25, 0.3) is 0 Å². The van der Waals surface area contributed by atoms with E-state index in [1.807, 2.05) is 6.92 Å². The van der Waals surface area contributed by atoms with Crippen LogP contribution < -0.4 is 5.30 Å². The molecule has 0 saturated carbocycles. The van der Waals surface area contributed by atoms with Crippen molar-refractivity contribution in [1.29, 1.82) is 0 Å². The van der Waals surface area contributed by atoms with Crippen LogP contribution in [-0.2, 0) is 21.9 Å². The Bertz CT molecular complexity index is 909. The molecule has 10 heteroatoms. The summed E-state index contributed by atoms with van der Waals surface area (Å²) in [5.41, 5.74) is -5.99. The molecule has 2 aromatic carbocycles. The second kappa shape index (κ2) is 11.6. The van der Waals surface area contributed by atoms with E-state index < -0.39 is 48.5 Å². The maximum Gasteiger partial charge on any atom is 0.417 e. The molecule has 33 heavy (non-hydrogen) atoms. The fourth-order valence-corrected chi connectivity index (χ4v) is 5.30. The minimum atomic E-state index is -5.16. The predicted octanol–water partition coefficient (Wildman–Crippen LogP) is 6.80. The van der Waals surface area contributed by atoms with E-state index in [2.05, 4.69) is 0 Å². The number of hydrogen-bond donors (Lipinski definition) is 0. The van der Waals surface area contributed by atoms with Crippen LogP contribution in [0.1, 0.15) is 54.1 Å². The molecule has 0 fully saturated rings. The van der Waals surface area contributed by atoms with E-state index in [4.69, 9.17) is 4.74 Å². The van der Waals surface area contributed by atoms with Crippen LogP contribution in [0.4, 0.5) is 26.3 Å². The van der Waals surface area contributed by atoms with Gasteiger partial charge >= 0.3 is 18.3 Å². The minimum Gasteiger partial charge on any atom is -0.466 e. The SMILES string of the molecule is CCCCCOC(=O)CCP(C(=O)c1c(C(F)(F)F)cccc1C(F)(F)F)c1ccccc1. The molecule has 0 radical (unpaired) electrons. The quantitative estimate of drug-likeness (QED) is 0.159. The second-order valence-corrected chi connectivity index (χ2v) is 9.42. The number of esters is 1. The topological polar surface area (TPSA) is 43.4 Å². The van der Waals surface area contributed by atoms with Crippen molar-refractivity contribution in [1.82, 2.24) is 0 Å². The van der Waals surface area contributed by atoms with E-state index in [1.165, 1.54) is 24.3 Å². The van der Waals surface area contributed by atoms with Crippen molar-refractivity contribution in [3.8, 4) is 0 Å². The Morgan fingerprint density at radius 3 is 1.94 bits per heavy atom. The molecule has 0 bridgehead atoms. The Morgan fingerprint density at radius 2 is 1.42 bits per heavy atom. The van der Waals surface area contributed by atoms with Gasteiger partial charge in [0.2, 0.25) is 0 Å². The first-order valence-electron chi connectivity index (χ1n) is 10.3. The monoisotopic (exact) mass is 492 g/mol. The van der Waals surface area contributed by atoms with Crippen LogP contribution in [0.2, 0.25) is 0 Å². The molecule has 0 saturated heterocycles. The molecule has 0 aliphatic rings. The minimum absolute atomic E-state index is 0.166. The third-order valence-corrected chi connectivity index (χ3v) is 7.06. The number of ether oxygens (including phenoxy) is 1. The van der Waals surface area contributed by atoms with Crippen molar-refractivity contribution in [3.63, 3.8) is 0 Å². The average Bonchev–Trinajstić information content (AvgIpc) is 2.75. The smallest absolute Gasteiger partial charge is 0.417 e.